The van der Waals surface area contributed by atoms with Gasteiger partial charge in [0.15, 0.2) is 0 Å². The number of alkyl halides is 3. The minimum Gasteiger partial charge on any atom is -0.398 e. The van der Waals surface area contributed by atoms with Crippen molar-refractivity contribution in [1.29, 1.82) is 0 Å². The Morgan fingerprint density at radius 1 is 1.15 bits per heavy atom. The first-order valence-corrected chi connectivity index (χ1v) is 10.3. The average Bonchev–Trinajstić information content (AvgIpc) is 2.77. The average molecular weight is 479 g/mol. The maximum absolute atomic E-state index is 13.1. The molecule has 10 heteroatoms. The second-order valence-corrected chi connectivity index (χ2v) is 7.91. The quantitative estimate of drug-likeness (QED) is 0.405. The number of carbonyl (C=O) groups is 1. The summed E-state index contributed by atoms with van der Waals surface area (Å²) in [6.45, 7) is 1.30. The van der Waals surface area contributed by atoms with E-state index in [2.05, 4.69) is 10.3 Å². The van der Waals surface area contributed by atoms with Gasteiger partial charge in [0.05, 0.1) is 11.2 Å². The summed E-state index contributed by atoms with van der Waals surface area (Å²) in [7, 11) is 0. The van der Waals surface area contributed by atoms with Crippen molar-refractivity contribution in [1.82, 2.24) is 10.3 Å². The van der Waals surface area contributed by atoms with E-state index < -0.39 is 29.8 Å². The number of rotatable bonds is 7. The molecular weight excluding hydrogens is 457 g/mol. The number of amides is 1. The van der Waals surface area contributed by atoms with Crippen LogP contribution in [0.5, 0.6) is 0 Å². The molecule has 1 aromatic heterocycles. The predicted molar refractivity (Wildman–Crippen MR) is 121 cm³/mol. The van der Waals surface area contributed by atoms with E-state index in [1.165, 1.54) is 6.92 Å². The number of benzene rings is 2. The van der Waals surface area contributed by atoms with E-state index in [1.54, 1.807) is 48.5 Å². The van der Waals surface area contributed by atoms with Crippen LogP contribution in [0.4, 0.5) is 13.2 Å². The van der Waals surface area contributed by atoms with Crippen LogP contribution in [-0.2, 0) is 6.54 Å². The lowest BCUT2D eigenvalue weighted by Gasteiger charge is -2.29. The molecule has 0 saturated heterocycles. The third-order valence-electron chi connectivity index (χ3n) is 5.30. The number of nitrogens with zero attached hydrogens (tertiary/aromatic N) is 1. The molecule has 3 aromatic rings. The summed E-state index contributed by atoms with van der Waals surface area (Å²) in [5.74, 6) is -0.697. The fourth-order valence-corrected chi connectivity index (χ4v) is 3.47. The van der Waals surface area contributed by atoms with Crippen LogP contribution in [0.25, 0.3) is 22.0 Å². The van der Waals surface area contributed by atoms with Crippen molar-refractivity contribution in [3.8, 4) is 11.1 Å². The normalized spacial score (nSPS) is 14.2. The van der Waals surface area contributed by atoms with E-state index in [0.29, 0.717) is 16.1 Å². The Labute approximate surface area is 193 Å². The maximum atomic E-state index is 13.1. The van der Waals surface area contributed by atoms with Crippen molar-refractivity contribution >= 4 is 28.4 Å². The minimum atomic E-state index is -4.90. The number of carbonyl (C=O) groups excluding carboxylic acids is 1. The Kier molecular flexibility index (Phi) is 6.85. The summed E-state index contributed by atoms with van der Waals surface area (Å²) < 4.78 is 39.4. The third-order valence-corrected chi connectivity index (χ3v) is 5.56. The molecule has 0 radical (unpaired) electrons. The molecule has 1 atom stereocenters. The highest BCUT2D eigenvalue weighted by atomic mass is 35.5. The first-order valence-electron chi connectivity index (χ1n) is 9.94. The van der Waals surface area contributed by atoms with Crippen molar-refractivity contribution < 1.29 is 23.1 Å². The number of hydrogen-bond acceptors (Lipinski definition) is 5. The lowest BCUT2D eigenvalue weighted by molar-refractivity contribution is -0.245. The van der Waals surface area contributed by atoms with Gasteiger partial charge in [0, 0.05) is 23.2 Å². The van der Waals surface area contributed by atoms with Crippen molar-refractivity contribution in [3.05, 3.63) is 76.7 Å². The molecule has 0 unspecified atom stereocenters. The number of aromatic nitrogens is 1. The molecule has 1 heterocycles. The van der Waals surface area contributed by atoms with E-state index in [0.717, 1.165) is 22.7 Å². The second kappa shape index (κ2) is 9.29. The number of aliphatic hydroxyl groups is 1. The fraction of sp³-hybridized carbons (Fsp3) is 0.217. The molecule has 1 amide bonds. The molecule has 6 N–H and O–H groups in total. The summed E-state index contributed by atoms with van der Waals surface area (Å²) in [5, 5.41) is 13.9. The molecule has 2 aromatic carbocycles. The van der Waals surface area contributed by atoms with Gasteiger partial charge in [-0.3, -0.25) is 4.79 Å². The number of fused-ring (bicyclic) bond motifs is 1. The summed E-state index contributed by atoms with van der Waals surface area (Å²) in [6.07, 6.45) is -4.59. The Morgan fingerprint density at radius 2 is 1.82 bits per heavy atom. The number of pyridine rings is 1. The minimum absolute atomic E-state index is 0.0693. The molecule has 3 rings (SSSR count). The molecule has 0 spiro atoms. The number of nitrogens with two attached hydrogens (primary N) is 2. The molecular formula is C23H22ClF3N4O2. The monoisotopic (exact) mass is 478 g/mol. The second-order valence-electron chi connectivity index (χ2n) is 7.47. The van der Waals surface area contributed by atoms with Crippen LogP contribution in [-0.4, -0.2) is 27.8 Å². The number of nitrogens with one attached hydrogen (secondary N) is 1. The highest BCUT2D eigenvalue weighted by molar-refractivity contribution is 6.30. The Bertz CT molecular complexity index is 1210. The molecule has 174 valence electrons. The first kappa shape index (κ1) is 24.3. The van der Waals surface area contributed by atoms with Crippen LogP contribution >= 0.6 is 11.6 Å². The SMILES string of the molecule is CC[C@](O)(/C(N)=C/NCc1ccc2c(-c3ccc(Cl)cc3)cc(C(N)=O)nc2c1)C(F)(F)F. The van der Waals surface area contributed by atoms with E-state index >= 15 is 0 Å². The van der Waals surface area contributed by atoms with Crippen LogP contribution in [0.15, 0.2) is 60.4 Å². The highest BCUT2D eigenvalue weighted by Gasteiger charge is 2.54. The van der Waals surface area contributed by atoms with Crippen LogP contribution in [0.3, 0.4) is 0 Å². The van der Waals surface area contributed by atoms with E-state index in [4.69, 9.17) is 23.1 Å². The molecule has 0 fully saturated rings. The molecule has 0 saturated carbocycles. The van der Waals surface area contributed by atoms with Gasteiger partial charge in [-0.2, -0.15) is 13.2 Å². The van der Waals surface area contributed by atoms with Gasteiger partial charge in [-0.1, -0.05) is 42.8 Å². The zero-order chi connectivity index (χ0) is 24.4. The van der Waals surface area contributed by atoms with E-state index in [9.17, 15) is 23.1 Å². The van der Waals surface area contributed by atoms with Gasteiger partial charge in [-0.15, -0.1) is 0 Å². The standard InChI is InChI=1S/C23H22ClF3N4O2/c1-2-22(33,23(25,26)27)20(28)12-30-11-13-3-8-16-17(14-4-6-15(24)7-5-14)10-19(21(29)32)31-18(16)9-13/h3-10,12,30,33H,2,11,28H2,1H3,(H2,29,32)/b20-12-/t22-/m0/s1. The molecule has 0 aliphatic heterocycles. The number of primary amides is 1. The lowest BCUT2D eigenvalue weighted by Crippen LogP contribution is -2.49. The van der Waals surface area contributed by atoms with Gasteiger partial charge in [-0.05, 0) is 47.4 Å². The predicted octanol–water partition coefficient (Wildman–Crippen LogP) is 4.25. The number of halogens is 4. The summed E-state index contributed by atoms with van der Waals surface area (Å²) >= 11 is 5.97. The molecule has 6 nitrogen and oxygen atoms in total. The van der Waals surface area contributed by atoms with Gasteiger partial charge >= 0.3 is 6.18 Å². The lowest BCUT2D eigenvalue weighted by atomic mass is 9.96. The largest absolute Gasteiger partial charge is 0.422 e. The Morgan fingerprint density at radius 3 is 2.39 bits per heavy atom. The van der Waals surface area contributed by atoms with Crippen molar-refractivity contribution in [3.63, 3.8) is 0 Å². The zero-order valence-electron chi connectivity index (χ0n) is 17.6. The van der Waals surface area contributed by atoms with Crippen LogP contribution in [0, 0.1) is 0 Å². The maximum Gasteiger partial charge on any atom is 0.422 e. The van der Waals surface area contributed by atoms with Gasteiger partial charge in [-0.25, -0.2) is 4.98 Å². The van der Waals surface area contributed by atoms with E-state index in [-0.39, 0.29) is 12.2 Å². The van der Waals surface area contributed by atoms with Gasteiger partial charge in [0.25, 0.3) is 5.91 Å². The van der Waals surface area contributed by atoms with Crippen molar-refractivity contribution in [2.75, 3.05) is 0 Å². The summed E-state index contributed by atoms with van der Waals surface area (Å²) in [5.41, 5.74) is 9.84. The van der Waals surface area contributed by atoms with Gasteiger partial charge < -0.3 is 21.9 Å². The molecule has 0 bridgehead atoms. The topological polar surface area (TPSA) is 114 Å². The zero-order valence-corrected chi connectivity index (χ0v) is 18.3. The molecule has 0 aliphatic rings. The highest BCUT2D eigenvalue weighted by Crippen LogP contribution is 2.36. The van der Waals surface area contributed by atoms with Crippen LogP contribution < -0.4 is 16.8 Å². The third kappa shape index (κ3) is 5.04. The molecule has 0 aliphatic carbocycles. The Balaban J connectivity index is 1.94. The van der Waals surface area contributed by atoms with E-state index in [1.807, 2.05) is 0 Å². The molecule has 33 heavy (non-hydrogen) atoms. The smallest absolute Gasteiger partial charge is 0.398 e. The Hall–Kier alpha value is -3.30. The summed E-state index contributed by atoms with van der Waals surface area (Å²) in [6, 6.07) is 13.9. The van der Waals surface area contributed by atoms with Gasteiger partial charge in [0.1, 0.15) is 5.69 Å². The number of hydrogen-bond donors (Lipinski definition) is 4. The fourth-order valence-electron chi connectivity index (χ4n) is 3.34. The summed E-state index contributed by atoms with van der Waals surface area (Å²) in [4.78, 5) is 16.1. The van der Waals surface area contributed by atoms with Gasteiger partial charge in [0.2, 0.25) is 5.60 Å². The van der Waals surface area contributed by atoms with Crippen molar-refractivity contribution in [2.45, 2.75) is 31.7 Å². The van der Waals surface area contributed by atoms with Crippen LogP contribution in [0.2, 0.25) is 5.02 Å². The van der Waals surface area contributed by atoms with Crippen molar-refractivity contribution in [2.24, 2.45) is 11.5 Å². The van der Waals surface area contributed by atoms with Crippen LogP contribution in [0.1, 0.15) is 29.4 Å². The first-order chi connectivity index (χ1) is 15.5.